The van der Waals surface area contributed by atoms with E-state index < -0.39 is 70.3 Å². The van der Waals surface area contributed by atoms with Gasteiger partial charge in [-0.25, -0.2) is 33.7 Å². The van der Waals surface area contributed by atoms with Gasteiger partial charge < -0.3 is 82.7 Å². The van der Waals surface area contributed by atoms with Crippen molar-refractivity contribution in [3.8, 4) is 0 Å². The normalized spacial score (nSPS) is 18.8. The standard InChI is InChI=1S/C13H14BrNO2.C13H13NO2.C9H12BrNO3.C9H13NO3.C8H8N2.C5H9NO2.2C4H7BrO3.C4H5ClO.CH3F.CH4.BHNS.BrH.H3N2O.Na/c1-9-6-10(4-5-11(9)15-3)7-12(16)13(2,17)8-14;1-9-6-10(4-5-11(9)14-3)7-12(15)13(2)8-16-13;1-9(5-10)8(13)11-4-2-3-6(11)7(12)14-9;1-6(2)8(11)10-5-3-4-7(10)9(12)13;1-6-5-7(9)3-4-8(6)10-2;7-5(8)4-2-1-3-6-4;2*1-4(8,2-5)3(6)7;1-3(2)4(5)6;1-2;;1-2-3;;1-2-3;/h4-6,17H,7-8H2,1-2H3;4-6H,7-8H2,1-2H3;6H,2-5H2,1H3;7H,1,3-5H2,2H3,(H,12,13);3-5H,9H2,1H3;4,6H,1-3H2,(H,7,8);2*8H,2H2,1H3,(H,6,7);1H2,2H3;1H3;1H4;3H;1H;3H,1H2;/q;;;;;;;;;;;;;-1;+1/t2*13-;6?,9-;7-;;3*4-;;;;;;;/m0001.100......./s1/i;;;;;;;;;1D;;;;;. The van der Waals surface area contributed by atoms with Crippen molar-refractivity contribution in [3.05, 3.63) is 147 Å². The first kappa shape index (κ1) is 116. The SMILES string of the molecule is Br.C.C=C(C)C(=O)Cl.C=C(C)C(=O)N1CCC[C@@H]1C(=O)O.C[C@@]1(CBr)OC(=O)C2CCCN2C1=O.C[C@](O)(CBr)C(=O)O.C[C@](O)(CBr)C(=O)O.N[N-]O.O=C(O)[C@H]1CCCN1.[2H]CF.[B]=NS.[C-]#[N+]c1ccc(CC(=O)[C@@](C)(O)CBr)cc1C.[C-]#[N+]c1ccc(CC(=O)[C@]2(C)CO2)cc1C.[C-]#[N+]c1ccc(N)cc1C.[Na+]. The van der Waals surface area contributed by atoms with Gasteiger partial charge in [0, 0.05) is 58.8 Å². The number of nitrogen functional groups attached to an aromatic ring is 1. The molecule has 13 N–H and O–H groups in total. The number of morpholine rings is 1. The zero-order chi connectivity index (χ0) is 85.6. The van der Waals surface area contributed by atoms with E-state index in [-0.39, 0.29) is 118 Å². The first-order valence-electron chi connectivity index (χ1n) is 32.5. The summed E-state index contributed by atoms with van der Waals surface area (Å²) in [5, 5.41) is 70.8. The van der Waals surface area contributed by atoms with E-state index in [4.69, 9.17) is 83.7 Å². The van der Waals surface area contributed by atoms with Gasteiger partial charge in [-0.1, -0.05) is 127 Å². The Morgan fingerprint density at radius 2 is 1.17 bits per heavy atom. The number of halogens is 7. The van der Waals surface area contributed by atoms with Crippen LogP contribution in [0.4, 0.5) is 27.1 Å². The van der Waals surface area contributed by atoms with Crippen LogP contribution in [0.15, 0.2) is 83.2 Å². The summed E-state index contributed by atoms with van der Waals surface area (Å²) in [6, 6.07) is 14.8. The molecule has 0 aromatic heterocycles. The minimum Gasteiger partial charge on any atom is -0.399 e. The number of ketones is 2. The van der Waals surface area contributed by atoms with Gasteiger partial charge in [0.05, 0.1) is 40.2 Å². The number of nitrogens with two attached hydrogens (primary N) is 2. The van der Waals surface area contributed by atoms with Crippen molar-refractivity contribution in [3.63, 3.8) is 0 Å². The molecule has 0 bridgehead atoms. The smallest absolute Gasteiger partial charge is 0.399 e. The van der Waals surface area contributed by atoms with Crippen molar-refractivity contribution in [1.29, 1.82) is 0 Å². The predicted octanol–water partition coefficient (Wildman–Crippen LogP) is 8.90. The number of carboxylic acid groups (broad SMARTS) is 4. The molecule has 0 saturated carbocycles. The molecule has 3 aromatic carbocycles. The van der Waals surface area contributed by atoms with Crippen molar-refractivity contribution in [2.45, 2.75) is 174 Å². The molecule has 40 heteroatoms. The van der Waals surface area contributed by atoms with Crippen molar-refractivity contribution in [2.24, 2.45) is 10.1 Å². The van der Waals surface area contributed by atoms with Gasteiger partial charge in [0.15, 0.2) is 45.4 Å². The van der Waals surface area contributed by atoms with Crippen molar-refractivity contribution < 1.29 is 134 Å². The van der Waals surface area contributed by atoms with Gasteiger partial charge in [-0.05, 0) is 166 Å². The van der Waals surface area contributed by atoms with E-state index in [1.54, 1.807) is 62.1 Å². The number of hydrogen-bond donors (Lipinski definition) is 12. The number of carbonyl (C=O) groups is 10. The van der Waals surface area contributed by atoms with E-state index in [0.717, 1.165) is 66.5 Å². The maximum absolute atomic E-state index is 11.9. The van der Waals surface area contributed by atoms with Gasteiger partial charge in [0.1, 0.15) is 29.3 Å². The number of amides is 2. The third-order valence-electron chi connectivity index (χ3n) is 15.0. The molecule has 5 aliphatic rings. The Balaban J connectivity index is -0.000000221. The summed E-state index contributed by atoms with van der Waals surface area (Å²) in [4.78, 5) is 122. The number of rotatable bonds is 16. The topological polar surface area (TPSA) is 464 Å². The molecule has 5 heterocycles. The summed E-state index contributed by atoms with van der Waals surface area (Å²) >= 11 is 20.1. The van der Waals surface area contributed by atoms with E-state index in [2.05, 4.69) is 127 Å². The molecule has 8 rings (SSSR count). The number of carboxylic acids is 4. The molecule has 5 aliphatic heterocycles. The average Bonchev–Trinajstić information content (AvgIpc) is 1.52. The Kier molecular flexibility index (Phi) is 63.5. The summed E-state index contributed by atoms with van der Waals surface area (Å²) in [6.07, 6.45) is 5.29. The Morgan fingerprint density at radius 1 is 0.775 bits per heavy atom. The Hall–Kier alpha value is -5.78. The number of aryl methyl sites for hydroxylation is 3. The van der Waals surface area contributed by atoms with Crippen LogP contribution in [0, 0.1) is 40.5 Å². The number of Topliss-reactive ketones (excluding diaryl/α,β-unsaturated/α-hetero) is 2. The number of nitrogens with zero attached hydrogens (tertiary/aromatic N) is 7. The quantitative estimate of drug-likeness (QED) is 0.00544. The van der Waals surface area contributed by atoms with Crippen LogP contribution < -0.4 is 46.5 Å². The van der Waals surface area contributed by atoms with Gasteiger partial charge in [0.25, 0.3) is 5.91 Å². The van der Waals surface area contributed by atoms with Crippen LogP contribution in [0.1, 0.15) is 124 Å². The number of carbonyl (C=O) groups excluding carboxylic acids is 6. The maximum atomic E-state index is 11.9. The van der Waals surface area contributed by atoms with E-state index in [9.17, 15) is 57.4 Å². The van der Waals surface area contributed by atoms with E-state index in [1.165, 1.54) is 25.7 Å². The average molecular weight is 1930 g/mol. The summed E-state index contributed by atoms with van der Waals surface area (Å²) in [6.45, 7) is 46.2. The first-order chi connectivity index (χ1) is 50.5. The van der Waals surface area contributed by atoms with Gasteiger partial charge >= 0.3 is 84.2 Å². The third kappa shape index (κ3) is 45.8. The van der Waals surface area contributed by atoms with Gasteiger partial charge in [-0.3, -0.25) is 33.2 Å². The number of fused-ring (bicyclic) bond motifs is 1. The molecule has 5 saturated heterocycles. The Labute approximate surface area is 727 Å². The maximum Gasteiger partial charge on any atom is 1.00 e. The van der Waals surface area contributed by atoms with Crippen molar-refractivity contribution in [2.75, 3.05) is 60.4 Å². The zero-order valence-electron chi connectivity index (χ0n) is 63.8. The van der Waals surface area contributed by atoms with Gasteiger partial charge in [-0.15, -0.1) is 17.0 Å². The molecule has 1 unspecified atom stereocenters. The van der Waals surface area contributed by atoms with Crippen LogP contribution in [0.2, 0.25) is 0 Å². The number of allylic oxidation sites excluding steroid dienone is 1. The number of likely N-dealkylation sites (tertiary alicyclic amines) is 1. The molecule has 8 atom stereocenters. The Morgan fingerprint density at radius 3 is 1.47 bits per heavy atom. The minimum atomic E-state index is -1.62. The van der Waals surface area contributed by atoms with Crippen molar-refractivity contribution >= 4 is 194 Å². The molecular formula is C71H100BBr5ClFN10NaO20S. The number of aliphatic hydroxyl groups is 3. The zero-order valence-corrected chi connectivity index (χ0v) is 74.5. The van der Waals surface area contributed by atoms with Crippen LogP contribution in [0.5, 0.6) is 0 Å². The molecule has 0 spiro atoms. The third-order valence-corrected chi connectivity index (χ3v) is 19.6. The van der Waals surface area contributed by atoms with Gasteiger partial charge in [0.2, 0.25) is 11.1 Å². The summed E-state index contributed by atoms with van der Waals surface area (Å²) in [5.74, 6) is -0.740. The molecule has 613 valence electrons. The number of hydrogen-bond acceptors (Lipinski definition) is 21. The number of cyclic esters (lactones) is 1. The number of esters is 1. The second kappa shape index (κ2) is 60.7. The fourth-order valence-corrected chi connectivity index (χ4v) is 9.45. The van der Waals surface area contributed by atoms with Crippen LogP contribution in [-0.2, 0) is 70.3 Å². The number of thiol groups is 1. The molecule has 0 aliphatic carbocycles. The van der Waals surface area contributed by atoms with E-state index >= 15 is 0 Å². The number of anilines is 1. The minimum absolute atomic E-state index is 0. The summed E-state index contributed by atoms with van der Waals surface area (Å²) < 4.78 is 28.5. The number of alkyl halides is 5. The molecular weight excluding hydrogens is 1830 g/mol. The number of epoxide rings is 1. The first-order valence-corrected chi connectivity index (χ1v) is 37.0. The van der Waals surface area contributed by atoms with Crippen LogP contribution in [0.3, 0.4) is 0 Å². The largest absolute Gasteiger partial charge is 1.00 e. The second-order valence-corrected chi connectivity index (χ2v) is 27.5. The number of nitrogens with one attached hydrogen (secondary N) is 1. The fraction of sp³-hybridized carbons (Fsp3) is 0.507. The fourth-order valence-electron chi connectivity index (χ4n) is 8.30. The summed E-state index contributed by atoms with van der Waals surface area (Å²) in [7, 11) is 3.34. The van der Waals surface area contributed by atoms with Crippen LogP contribution >= 0.6 is 105 Å². The monoisotopic (exact) mass is 1930 g/mol. The number of benzene rings is 3. The van der Waals surface area contributed by atoms with Crippen LogP contribution in [-0.4, -0.2) is 218 Å². The number of ether oxygens (including phenoxy) is 2. The Bertz CT molecular complexity index is 3670. The number of aliphatic carboxylic acids is 4. The van der Waals surface area contributed by atoms with Crippen molar-refractivity contribution in [1.82, 2.24) is 15.1 Å². The summed E-state index contributed by atoms with van der Waals surface area (Å²) in [5.41, 5.74) is 9.22. The molecule has 3 aromatic rings. The molecule has 1 radical (unpaired) electrons. The van der Waals surface area contributed by atoms with E-state index in [1.807, 2.05) is 51.5 Å². The molecule has 5 fully saturated rings. The van der Waals surface area contributed by atoms with Gasteiger partial charge in [-0.2, -0.15) is 0 Å². The molecule has 30 nitrogen and oxygen atoms in total. The molecule has 111 heavy (non-hydrogen) atoms. The van der Waals surface area contributed by atoms with Crippen LogP contribution in [0.25, 0.3) is 20.1 Å². The van der Waals surface area contributed by atoms with E-state index in [0.29, 0.717) is 71.8 Å². The molecule has 2 amide bonds. The predicted molar refractivity (Wildman–Crippen MR) is 442 cm³/mol. The second-order valence-electron chi connectivity index (χ2n) is 24.7.